The number of hydrogen-bond acceptors (Lipinski definition) is 6. The van der Waals surface area contributed by atoms with Crippen molar-refractivity contribution in [3.63, 3.8) is 0 Å². The molecule has 190 valence electrons. The quantitative estimate of drug-likeness (QED) is 0.346. The molecule has 36 heavy (non-hydrogen) atoms. The lowest BCUT2D eigenvalue weighted by atomic mass is 9.94. The number of nitrogens with one attached hydrogen (secondary N) is 1. The molecule has 5 rings (SSSR count). The Bertz CT molecular complexity index is 1360. The van der Waals surface area contributed by atoms with E-state index < -0.39 is 0 Å². The van der Waals surface area contributed by atoms with Gasteiger partial charge in [0.05, 0.1) is 30.4 Å². The predicted molar refractivity (Wildman–Crippen MR) is 140 cm³/mol. The molecular weight excluding hydrogens is 452 g/mol. The number of aryl methyl sites for hydroxylation is 2. The van der Waals surface area contributed by atoms with Crippen molar-refractivity contribution in [2.45, 2.75) is 85.0 Å². The Morgan fingerprint density at radius 1 is 1.11 bits per heavy atom. The van der Waals surface area contributed by atoms with Crippen LogP contribution in [0.15, 0.2) is 45.8 Å². The van der Waals surface area contributed by atoms with Gasteiger partial charge in [-0.15, -0.1) is 5.10 Å². The van der Waals surface area contributed by atoms with E-state index in [0.717, 1.165) is 52.0 Å². The van der Waals surface area contributed by atoms with Gasteiger partial charge in [0.15, 0.2) is 5.82 Å². The van der Waals surface area contributed by atoms with Crippen LogP contribution in [-0.4, -0.2) is 30.1 Å². The Labute approximate surface area is 211 Å². The molecule has 1 aliphatic rings. The predicted octanol–water partition coefficient (Wildman–Crippen LogP) is 5.63. The van der Waals surface area contributed by atoms with Crippen molar-refractivity contribution in [1.29, 1.82) is 0 Å². The monoisotopic (exact) mass is 488 g/mol. The van der Waals surface area contributed by atoms with Crippen LogP contribution in [0.5, 0.6) is 0 Å². The van der Waals surface area contributed by atoms with Crippen molar-refractivity contribution >= 4 is 10.9 Å². The zero-order valence-corrected chi connectivity index (χ0v) is 21.7. The van der Waals surface area contributed by atoms with Crippen molar-refractivity contribution in [2.24, 2.45) is 5.92 Å². The van der Waals surface area contributed by atoms with Crippen LogP contribution in [0.25, 0.3) is 10.9 Å². The number of aromatic nitrogens is 5. The smallest absolute Gasteiger partial charge is 0.252 e. The number of hydrogen-bond donors (Lipinski definition) is 1. The summed E-state index contributed by atoms with van der Waals surface area (Å²) in [7, 11) is 0. The summed E-state index contributed by atoms with van der Waals surface area (Å²) in [4.78, 5) is 18.7. The standard InChI is InChI=1S/C28H36N6O2/c1-18(2)26(27-30-31-32-34(27)22-9-6-5-7-10-22)33(17-23-11-8-14-36-23)16-21-15-24-19(3)12-13-20(4)25(24)29-28(21)35/h8,11-15,18,22,26H,5-7,9-10,16-17H2,1-4H3,(H,29,35). The second-order valence-electron chi connectivity index (χ2n) is 10.6. The number of fused-ring (bicyclic) bond motifs is 1. The van der Waals surface area contributed by atoms with Crippen LogP contribution in [-0.2, 0) is 13.1 Å². The molecule has 0 aliphatic heterocycles. The van der Waals surface area contributed by atoms with Crippen molar-refractivity contribution < 1.29 is 4.42 Å². The average molecular weight is 489 g/mol. The van der Waals surface area contributed by atoms with Crippen LogP contribution < -0.4 is 5.56 Å². The van der Waals surface area contributed by atoms with E-state index in [0.29, 0.717) is 19.1 Å². The maximum Gasteiger partial charge on any atom is 0.252 e. The van der Waals surface area contributed by atoms with Gasteiger partial charge in [0, 0.05) is 17.5 Å². The van der Waals surface area contributed by atoms with Gasteiger partial charge < -0.3 is 9.40 Å². The number of benzene rings is 1. The van der Waals surface area contributed by atoms with E-state index in [9.17, 15) is 4.79 Å². The van der Waals surface area contributed by atoms with Gasteiger partial charge in [0.25, 0.3) is 5.56 Å². The second kappa shape index (κ2) is 10.4. The Hall–Kier alpha value is -3.26. The molecule has 1 aliphatic carbocycles. The summed E-state index contributed by atoms with van der Waals surface area (Å²) in [6, 6.07) is 10.3. The highest BCUT2D eigenvalue weighted by molar-refractivity contribution is 5.85. The minimum atomic E-state index is -0.0827. The van der Waals surface area contributed by atoms with E-state index >= 15 is 0 Å². The minimum absolute atomic E-state index is 0.0602. The summed E-state index contributed by atoms with van der Waals surface area (Å²) >= 11 is 0. The Kier molecular flexibility index (Phi) is 7.05. The summed E-state index contributed by atoms with van der Waals surface area (Å²) in [6.07, 6.45) is 7.58. The SMILES string of the molecule is Cc1ccc(C)c2[nH]c(=O)c(CN(Cc3ccco3)C(c3nnnn3C3CCCCC3)C(C)C)cc12. The number of pyridine rings is 1. The van der Waals surface area contributed by atoms with Crippen LogP contribution in [0.4, 0.5) is 0 Å². The molecule has 1 saturated carbocycles. The number of furan rings is 1. The molecule has 3 aromatic heterocycles. The fourth-order valence-corrected chi connectivity index (χ4v) is 5.67. The van der Waals surface area contributed by atoms with Crippen molar-refractivity contribution in [1.82, 2.24) is 30.1 Å². The van der Waals surface area contributed by atoms with Crippen molar-refractivity contribution in [2.75, 3.05) is 0 Å². The zero-order valence-electron chi connectivity index (χ0n) is 21.7. The molecule has 0 amide bonds. The third-order valence-corrected chi connectivity index (χ3v) is 7.56. The van der Waals surface area contributed by atoms with E-state index in [4.69, 9.17) is 4.42 Å². The molecule has 1 fully saturated rings. The fourth-order valence-electron chi connectivity index (χ4n) is 5.67. The molecular formula is C28H36N6O2. The molecule has 8 nitrogen and oxygen atoms in total. The van der Waals surface area contributed by atoms with Gasteiger partial charge in [-0.1, -0.05) is 45.2 Å². The molecule has 0 bridgehead atoms. The third-order valence-electron chi connectivity index (χ3n) is 7.56. The van der Waals surface area contributed by atoms with E-state index in [-0.39, 0.29) is 17.5 Å². The van der Waals surface area contributed by atoms with E-state index in [1.807, 2.05) is 25.1 Å². The highest BCUT2D eigenvalue weighted by atomic mass is 16.3. The zero-order chi connectivity index (χ0) is 25.2. The summed E-state index contributed by atoms with van der Waals surface area (Å²) < 4.78 is 7.80. The molecule has 3 heterocycles. The lowest BCUT2D eigenvalue weighted by Crippen LogP contribution is -2.36. The topological polar surface area (TPSA) is 92.8 Å². The van der Waals surface area contributed by atoms with Gasteiger partial charge in [-0.05, 0) is 72.4 Å². The van der Waals surface area contributed by atoms with Crippen LogP contribution in [0.1, 0.15) is 86.3 Å². The van der Waals surface area contributed by atoms with Crippen molar-refractivity contribution in [3.8, 4) is 0 Å². The van der Waals surface area contributed by atoms with Gasteiger partial charge in [-0.3, -0.25) is 9.69 Å². The Morgan fingerprint density at radius 3 is 2.61 bits per heavy atom. The molecule has 4 aromatic rings. The summed E-state index contributed by atoms with van der Waals surface area (Å²) in [5.74, 6) is 1.94. The highest BCUT2D eigenvalue weighted by Crippen LogP contribution is 2.35. The molecule has 0 spiro atoms. The van der Waals surface area contributed by atoms with Crippen LogP contribution >= 0.6 is 0 Å². The number of aromatic amines is 1. The van der Waals surface area contributed by atoms with Crippen molar-refractivity contribution in [3.05, 3.63) is 75.2 Å². The number of tetrazole rings is 1. The summed E-state index contributed by atoms with van der Waals surface area (Å²) in [6.45, 7) is 9.51. The normalized spacial score (nSPS) is 15.8. The maximum absolute atomic E-state index is 13.3. The Morgan fingerprint density at radius 2 is 1.89 bits per heavy atom. The lowest BCUT2D eigenvalue weighted by molar-refractivity contribution is 0.112. The molecule has 0 saturated heterocycles. The van der Waals surface area contributed by atoms with Gasteiger partial charge >= 0.3 is 0 Å². The highest BCUT2D eigenvalue weighted by Gasteiger charge is 2.32. The second-order valence-corrected chi connectivity index (χ2v) is 10.6. The van der Waals surface area contributed by atoms with Gasteiger partial charge in [-0.25, -0.2) is 4.68 Å². The maximum atomic E-state index is 13.3. The van der Waals surface area contributed by atoms with Crippen LogP contribution in [0.2, 0.25) is 0 Å². The van der Waals surface area contributed by atoms with Gasteiger partial charge in [0.2, 0.25) is 0 Å². The van der Waals surface area contributed by atoms with E-state index in [1.165, 1.54) is 19.3 Å². The average Bonchev–Trinajstić information content (AvgIpc) is 3.55. The molecule has 1 unspecified atom stereocenters. The minimum Gasteiger partial charge on any atom is -0.468 e. The number of rotatable bonds is 8. The third kappa shape index (κ3) is 4.87. The first-order valence-corrected chi connectivity index (χ1v) is 13.1. The number of nitrogens with zero attached hydrogens (tertiary/aromatic N) is 5. The molecule has 1 N–H and O–H groups in total. The number of H-pyrrole nitrogens is 1. The largest absolute Gasteiger partial charge is 0.468 e. The first kappa shape index (κ1) is 24.4. The molecule has 1 aromatic carbocycles. The van der Waals surface area contributed by atoms with Gasteiger partial charge in [-0.2, -0.15) is 0 Å². The first-order chi connectivity index (χ1) is 17.4. The first-order valence-electron chi connectivity index (χ1n) is 13.1. The van der Waals surface area contributed by atoms with Crippen LogP contribution in [0.3, 0.4) is 0 Å². The molecule has 1 atom stereocenters. The van der Waals surface area contributed by atoms with Crippen LogP contribution in [0, 0.1) is 19.8 Å². The van der Waals surface area contributed by atoms with E-state index in [1.54, 1.807) is 6.26 Å². The summed E-state index contributed by atoms with van der Waals surface area (Å²) in [5.41, 5.74) is 3.79. The van der Waals surface area contributed by atoms with Gasteiger partial charge in [0.1, 0.15) is 5.76 Å². The van der Waals surface area contributed by atoms with E-state index in [2.05, 4.69) is 63.0 Å². The fraction of sp³-hybridized carbons (Fsp3) is 0.500. The lowest BCUT2D eigenvalue weighted by Gasteiger charge is -2.34. The summed E-state index contributed by atoms with van der Waals surface area (Å²) in [5, 5.41) is 14.2. The Balaban J connectivity index is 1.56. The molecule has 8 heteroatoms. The molecule has 0 radical (unpaired) electrons.